The predicted molar refractivity (Wildman–Crippen MR) is 70.7 cm³/mol. The summed E-state index contributed by atoms with van der Waals surface area (Å²) in [5.41, 5.74) is 0. The number of methoxy groups -OCH3 is 1. The van der Waals surface area contributed by atoms with Crippen LogP contribution in [-0.4, -0.2) is 28.5 Å². The number of nitrogens with one attached hydrogen (secondary N) is 1. The van der Waals surface area contributed by atoms with E-state index in [-0.39, 0.29) is 11.9 Å². The van der Waals surface area contributed by atoms with Crippen molar-refractivity contribution in [3.63, 3.8) is 0 Å². The summed E-state index contributed by atoms with van der Waals surface area (Å²) in [6.07, 6.45) is 4.63. The van der Waals surface area contributed by atoms with E-state index in [1.54, 1.807) is 0 Å². The molecule has 100 valence electrons. The Morgan fingerprint density at radius 1 is 1.44 bits per heavy atom. The van der Waals surface area contributed by atoms with Crippen molar-refractivity contribution >= 4 is 22.6 Å². The number of hydrogen-bond acceptors (Lipinski definition) is 6. The second-order valence-corrected chi connectivity index (χ2v) is 5.34. The van der Waals surface area contributed by atoms with E-state index in [1.807, 2.05) is 6.92 Å². The molecule has 1 aromatic heterocycles. The first-order valence-electron chi connectivity index (χ1n) is 6.40. The number of aromatic nitrogens is 2. The number of hydrogen-bond donors (Lipinski definition) is 1. The van der Waals surface area contributed by atoms with E-state index < -0.39 is 0 Å². The molecule has 1 saturated carbocycles. The Hall–Kier alpha value is -1.17. The van der Waals surface area contributed by atoms with Crippen LogP contribution >= 0.6 is 11.5 Å². The maximum absolute atomic E-state index is 11.4. The number of carbonyl (C=O) groups excluding carboxylic acids is 1. The molecule has 0 radical (unpaired) electrons. The van der Waals surface area contributed by atoms with Gasteiger partial charge in [0, 0.05) is 24.0 Å². The average molecular weight is 269 g/mol. The zero-order valence-corrected chi connectivity index (χ0v) is 11.6. The molecule has 0 amide bonds. The Bertz CT molecular complexity index is 400. The van der Waals surface area contributed by atoms with E-state index in [9.17, 15) is 4.79 Å². The minimum Gasteiger partial charge on any atom is -0.469 e. The average Bonchev–Trinajstić information content (AvgIpc) is 2.86. The van der Waals surface area contributed by atoms with Gasteiger partial charge in [0.15, 0.2) is 0 Å². The molecule has 0 bridgehead atoms. The van der Waals surface area contributed by atoms with Gasteiger partial charge in [0.1, 0.15) is 5.82 Å². The molecule has 0 aliphatic heterocycles. The Balaban J connectivity index is 1.81. The molecule has 1 N–H and O–H groups in total. The third-order valence-corrected chi connectivity index (χ3v) is 4.06. The number of ether oxygens (including phenoxy) is 1. The molecule has 6 heteroatoms. The molecule has 1 heterocycles. The van der Waals surface area contributed by atoms with Gasteiger partial charge in [-0.1, -0.05) is 6.92 Å². The second kappa shape index (κ2) is 6.13. The number of carbonyl (C=O) groups is 1. The highest BCUT2D eigenvalue weighted by Gasteiger charge is 2.27. The number of anilines is 1. The highest BCUT2D eigenvalue weighted by atomic mass is 32.1. The van der Waals surface area contributed by atoms with Crippen LogP contribution in [0.2, 0.25) is 0 Å². The lowest BCUT2D eigenvalue weighted by molar-refractivity contribution is -0.146. The molecule has 0 saturated heterocycles. The SMILES string of the molecule is CCc1nsc(NC2CCC(C(=O)OC)CC2)n1. The Labute approximate surface area is 111 Å². The van der Waals surface area contributed by atoms with Gasteiger partial charge >= 0.3 is 5.97 Å². The minimum atomic E-state index is -0.0716. The predicted octanol–water partition coefficient (Wildman–Crippen LogP) is 2.24. The molecule has 1 fully saturated rings. The lowest BCUT2D eigenvalue weighted by Gasteiger charge is -2.27. The van der Waals surface area contributed by atoms with Crippen molar-refractivity contribution in [1.29, 1.82) is 0 Å². The van der Waals surface area contributed by atoms with Crippen LogP contribution in [0.3, 0.4) is 0 Å². The van der Waals surface area contributed by atoms with Crippen molar-refractivity contribution in [3.8, 4) is 0 Å². The van der Waals surface area contributed by atoms with Crippen LogP contribution in [0.1, 0.15) is 38.4 Å². The summed E-state index contributed by atoms with van der Waals surface area (Å²) in [4.78, 5) is 15.8. The second-order valence-electron chi connectivity index (χ2n) is 4.59. The quantitative estimate of drug-likeness (QED) is 0.849. The first-order valence-corrected chi connectivity index (χ1v) is 7.17. The first-order chi connectivity index (χ1) is 8.72. The van der Waals surface area contributed by atoms with Gasteiger partial charge in [-0.05, 0) is 25.7 Å². The summed E-state index contributed by atoms with van der Waals surface area (Å²) in [5, 5.41) is 4.30. The van der Waals surface area contributed by atoms with Gasteiger partial charge in [0.25, 0.3) is 0 Å². The molecule has 5 nitrogen and oxygen atoms in total. The molecule has 0 spiro atoms. The van der Waals surface area contributed by atoms with Crippen LogP contribution in [-0.2, 0) is 16.0 Å². The van der Waals surface area contributed by atoms with Crippen LogP contribution in [0, 0.1) is 5.92 Å². The topological polar surface area (TPSA) is 64.1 Å². The van der Waals surface area contributed by atoms with E-state index in [4.69, 9.17) is 4.74 Å². The van der Waals surface area contributed by atoms with E-state index in [0.717, 1.165) is 43.1 Å². The Kier molecular flexibility index (Phi) is 4.52. The molecule has 2 rings (SSSR count). The summed E-state index contributed by atoms with van der Waals surface area (Å²) in [5.74, 6) is 0.900. The maximum Gasteiger partial charge on any atom is 0.308 e. The summed E-state index contributed by atoms with van der Waals surface area (Å²) >= 11 is 1.42. The van der Waals surface area contributed by atoms with Crippen molar-refractivity contribution in [3.05, 3.63) is 5.82 Å². The summed E-state index contributed by atoms with van der Waals surface area (Å²) in [7, 11) is 1.46. The molecule has 1 aliphatic carbocycles. The molecule has 0 atom stereocenters. The monoisotopic (exact) mass is 269 g/mol. The molecule has 1 aromatic rings. The first kappa shape index (κ1) is 13.3. The molecule has 18 heavy (non-hydrogen) atoms. The van der Waals surface area contributed by atoms with Crippen LogP contribution in [0.4, 0.5) is 5.13 Å². The van der Waals surface area contributed by atoms with Crippen LogP contribution in [0.25, 0.3) is 0 Å². The molecular weight excluding hydrogens is 250 g/mol. The zero-order chi connectivity index (χ0) is 13.0. The largest absolute Gasteiger partial charge is 0.469 e. The van der Waals surface area contributed by atoms with E-state index in [2.05, 4.69) is 14.7 Å². The normalized spacial score (nSPS) is 23.7. The van der Waals surface area contributed by atoms with Gasteiger partial charge in [-0.15, -0.1) is 0 Å². The molecule has 1 aliphatic rings. The van der Waals surface area contributed by atoms with Crippen molar-refractivity contribution in [2.24, 2.45) is 5.92 Å². The van der Waals surface area contributed by atoms with Gasteiger partial charge in [-0.3, -0.25) is 4.79 Å². The van der Waals surface area contributed by atoms with E-state index in [0.29, 0.717) is 6.04 Å². The lowest BCUT2D eigenvalue weighted by Crippen LogP contribution is -2.29. The minimum absolute atomic E-state index is 0.0716. The van der Waals surface area contributed by atoms with E-state index in [1.165, 1.54) is 18.6 Å². The third-order valence-electron chi connectivity index (χ3n) is 3.37. The summed E-state index contributed by atoms with van der Waals surface area (Å²) in [6.45, 7) is 2.05. The Morgan fingerprint density at radius 2 is 2.17 bits per heavy atom. The highest BCUT2D eigenvalue weighted by molar-refractivity contribution is 7.09. The van der Waals surface area contributed by atoms with Crippen LogP contribution < -0.4 is 5.32 Å². The van der Waals surface area contributed by atoms with Crippen LogP contribution in [0.5, 0.6) is 0 Å². The number of rotatable bonds is 4. The Morgan fingerprint density at radius 3 is 2.72 bits per heavy atom. The van der Waals surface area contributed by atoms with Crippen molar-refractivity contribution in [1.82, 2.24) is 9.36 Å². The fraction of sp³-hybridized carbons (Fsp3) is 0.750. The smallest absolute Gasteiger partial charge is 0.308 e. The van der Waals surface area contributed by atoms with Gasteiger partial charge in [-0.2, -0.15) is 4.37 Å². The van der Waals surface area contributed by atoms with Gasteiger partial charge in [-0.25, -0.2) is 4.98 Å². The molecular formula is C12H19N3O2S. The number of aryl methyl sites for hydroxylation is 1. The van der Waals surface area contributed by atoms with Gasteiger partial charge in [0.05, 0.1) is 13.0 Å². The lowest BCUT2D eigenvalue weighted by atomic mass is 9.86. The summed E-state index contributed by atoms with van der Waals surface area (Å²) in [6, 6.07) is 0.406. The summed E-state index contributed by atoms with van der Waals surface area (Å²) < 4.78 is 9.03. The number of esters is 1. The third kappa shape index (κ3) is 3.19. The zero-order valence-electron chi connectivity index (χ0n) is 10.8. The fourth-order valence-corrected chi connectivity index (χ4v) is 3.00. The molecule has 0 unspecified atom stereocenters. The van der Waals surface area contributed by atoms with Gasteiger partial charge < -0.3 is 10.1 Å². The van der Waals surface area contributed by atoms with Gasteiger partial charge in [0.2, 0.25) is 5.13 Å². The fourth-order valence-electron chi connectivity index (χ4n) is 2.27. The van der Waals surface area contributed by atoms with Crippen molar-refractivity contribution in [2.45, 2.75) is 45.1 Å². The molecule has 0 aromatic carbocycles. The van der Waals surface area contributed by atoms with Crippen LogP contribution in [0.15, 0.2) is 0 Å². The number of nitrogens with zero attached hydrogens (tertiary/aromatic N) is 2. The van der Waals surface area contributed by atoms with E-state index >= 15 is 0 Å². The van der Waals surface area contributed by atoms with Crippen molar-refractivity contribution < 1.29 is 9.53 Å². The van der Waals surface area contributed by atoms with Crippen molar-refractivity contribution in [2.75, 3.05) is 12.4 Å². The highest BCUT2D eigenvalue weighted by Crippen LogP contribution is 2.27. The maximum atomic E-state index is 11.4. The standard InChI is InChI=1S/C12H19N3O2S/c1-3-10-14-12(18-15-10)13-9-6-4-8(5-7-9)11(16)17-2/h8-9H,3-7H2,1-2H3,(H,13,14,15).